The summed E-state index contributed by atoms with van der Waals surface area (Å²) >= 11 is 2.90. The van der Waals surface area contributed by atoms with Crippen LogP contribution in [0.4, 0.5) is 5.13 Å². The summed E-state index contributed by atoms with van der Waals surface area (Å²) in [6.07, 6.45) is 0. The Labute approximate surface area is 155 Å². The second-order valence-corrected chi connectivity index (χ2v) is 8.35. The van der Waals surface area contributed by atoms with E-state index in [0.717, 1.165) is 15.7 Å². The summed E-state index contributed by atoms with van der Waals surface area (Å²) in [5.74, 6) is 0.267. The third-order valence-electron chi connectivity index (χ3n) is 3.45. The molecule has 0 radical (unpaired) electrons. The number of anilines is 1. The van der Waals surface area contributed by atoms with Crippen LogP contribution in [0.15, 0.2) is 28.6 Å². The second kappa shape index (κ2) is 8.96. The van der Waals surface area contributed by atoms with Gasteiger partial charge in [-0.1, -0.05) is 61.6 Å². The summed E-state index contributed by atoms with van der Waals surface area (Å²) in [4.78, 5) is 24.9. The van der Waals surface area contributed by atoms with Gasteiger partial charge in [0.2, 0.25) is 11.0 Å². The van der Waals surface area contributed by atoms with E-state index in [9.17, 15) is 9.59 Å². The molecule has 1 heterocycles. The van der Waals surface area contributed by atoms with Crippen molar-refractivity contribution in [3.63, 3.8) is 0 Å². The van der Waals surface area contributed by atoms with Gasteiger partial charge in [0.15, 0.2) is 4.34 Å². The molecule has 1 aromatic carbocycles. The van der Waals surface area contributed by atoms with E-state index in [1.165, 1.54) is 11.3 Å². The molecule has 2 N–H and O–H groups in total. The van der Waals surface area contributed by atoms with Crippen molar-refractivity contribution in [1.82, 2.24) is 15.5 Å². The van der Waals surface area contributed by atoms with E-state index in [2.05, 4.69) is 20.8 Å². The first-order chi connectivity index (χ1) is 11.9. The summed E-state index contributed by atoms with van der Waals surface area (Å²) in [6, 6.07) is 6.58. The van der Waals surface area contributed by atoms with Crippen LogP contribution in [-0.2, 0) is 4.79 Å². The number of carbonyl (C=O) groups excluding carboxylic acids is 2. The summed E-state index contributed by atoms with van der Waals surface area (Å²) < 4.78 is 0.808. The van der Waals surface area contributed by atoms with Gasteiger partial charge in [0.25, 0.3) is 5.91 Å². The maximum absolute atomic E-state index is 12.5. The molecule has 2 amide bonds. The first kappa shape index (κ1) is 19.4. The fraction of sp³-hybridized carbons (Fsp3) is 0.412. The Kier molecular flexibility index (Phi) is 6.95. The highest BCUT2D eigenvalue weighted by molar-refractivity contribution is 8.01. The summed E-state index contributed by atoms with van der Waals surface area (Å²) in [5.41, 5.74) is 1.60. The minimum Gasteiger partial charge on any atom is -0.340 e. The number of thioether (sulfide) groups is 1. The normalized spacial score (nSPS) is 12.0. The van der Waals surface area contributed by atoms with Crippen molar-refractivity contribution in [2.45, 2.75) is 38.1 Å². The van der Waals surface area contributed by atoms with Crippen molar-refractivity contribution in [2.24, 2.45) is 5.92 Å². The van der Waals surface area contributed by atoms with E-state index in [1.807, 2.05) is 39.8 Å². The molecule has 0 fully saturated rings. The van der Waals surface area contributed by atoms with Gasteiger partial charge in [-0.15, -0.1) is 10.2 Å². The highest BCUT2D eigenvalue weighted by Gasteiger charge is 2.25. The van der Waals surface area contributed by atoms with Gasteiger partial charge in [0.05, 0.1) is 0 Å². The van der Waals surface area contributed by atoms with E-state index < -0.39 is 6.04 Å². The number of aryl methyl sites for hydroxylation is 1. The molecule has 0 aliphatic carbocycles. The standard InChI is InChI=1S/C17H22N4O2S2/c1-5-24-17-21-20-16(25-17)19-15(23)13(10(2)3)18-14(22)12-8-6-11(4)7-9-12/h6-10,13H,5H2,1-4H3,(H,18,22)(H,19,20,23)/t13-/m0/s1. The molecular weight excluding hydrogens is 356 g/mol. The molecule has 0 spiro atoms. The lowest BCUT2D eigenvalue weighted by Gasteiger charge is -2.21. The number of hydrogen-bond donors (Lipinski definition) is 2. The molecule has 0 bridgehead atoms. The van der Waals surface area contributed by atoms with Gasteiger partial charge in [-0.25, -0.2) is 0 Å². The molecule has 2 rings (SSSR count). The van der Waals surface area contributed by atoms with E-state index in [0.29, 0.717) is 10.7 Å². The minimum absolute atomic E-state index is 0.0631. The molecule has 1 atom stereocenters. The zero-order valence-corrected chi connectivity index (χ0v) is 16.3. The number of rotatable bonds is 7. The highest BCUT2D eigenvalue weighted by Crippen LogP contribution is 2.25. The first-order valence-corrected chi connectivity index (χ1v) is 9.85. The van der Waals surface area contributed by atoms with Gasteiger partial charge in [-0.3, -0.25) is 14.9 Å². The van der Waals surface area contributed by atoms with E-state index in [4.69, 9.17) is 0 Å². The van der Waals surface area contributed by atoms with Crippen LogP contribution < -0.4 is 10.6 Å². The van der Waals surface area contributed by atoms with Gasteiger partial charge in [-0.2, -0.15) is 0 Å². The molecule has 134 valence electrons. The van der Waals surface area contributed by atoms with Crippen molar-refractivity contribution in [1.29, 1.82) is 0 Å². The molecule has 0 aliphatic rings. The van der Waals surface area contributed by atoms with Crippen LogP contribution in [0.5, 0.6) is 0 Å². The van der Waals surface area contributed by atoms with Gasteiger partial charge in [-0.05, 0) is 30.7 Å². The maximum Gasteiger partial charge on any atom is 0.251 e. The fourth-order valence-electron chi connectivity index (χ4n) is 2.09. The molecular formula is C17H22N4O2S2. The Hall–Kier alpha value is -1.93. The topological polar surface area (TPSA) is 84.0 Å². The second-order valence-electron chi connectivity index (χ2n) is 5.86. The zero-order chi connectivity index (χ0) is 18.4. The van der Waals surface area contributed by atoms with Gasteiger partial charge < -0.3 is 5.32 Å². The molecule has 0 saturated carbocycles. The van der Waals surface area contributed by atoms with Crippen LogP contribution in [0.2, 0.25) is 0 Å². The Morgan fingerprint density at radius 3 is 2.48 bits per heavy atom. The van der Waals surface area contributed by atoms with Crippen molar-refractivity contribution < 1.29 is 9.59 Å². The van der Waals surface area contributed by atoms with Crippen LogP contribution in [0.1, 0.15) is 36.7 Å². The summed E-state index contributed by atoms with van der Waals surface area (Å²) in [5, 5.41) is 14.0. The summed E-state index contributed by atoms with van der Waals surface area (Å²) in [6.45, 7) is 7.76. The molecule has 8 heteroatoms. The zero-order valence-electron chi connectivity index (χ0n) is 14.7. The lowest BCUT2D eigenvalue weighted by molar-refractivity contribution is -0.118. The Bertz CT molecular complexity index is 729. The largest absolute Gasteiger partial charge is 0.340 e. The number of amides is 2. The van der Waals surface area contributed by atoms with Crippen LogP contribution in [0, 0.1) is 12.8 Å². The number of aromatic nitrogens is 2. The third-order valence-corrected chi connectivity index (χ3v) is 5.31. The Morgan fingerprint density at radius 2 is 1.88 bits per heavy atom. The monoisotopic (exact) mass is 378 g/mol. The smallest absolute Gasteiger partial charge is 0.251 e. The Morgan fingerprint density at radius 1 is 1.20 bits per heavy atom. The predicted molar refractivity (Wildman–Crippen MR) is 102 cm³/mol. The lowest BCUT2D eigenvalue weighted by Crippen LogP contribution is -2.47. The predicted octanol–water partition coefficient (Wildman–Crippen LogP) is 3.35. The molecule has 2 aromatic rings. The van der Waals surface area contributed by atoms with Crippen molar-refractivity contribution >= 4 is 40.0 Å². The number of carbonyl (C=O) groups is 2. The lowest BCUT2D eigenvalue weighted by atomic mass is 10.0. The average Bonchev–Trinajstić information content (AvgIpc) is 3.00. The van der Waals surface area contributed by atoms with Crippen molar-refractivity contribution in [3.8, 4) is 0 Å². The maximum atomic E-state index is 12.5. The average molecular weight is 379 g/mol. The van der Waals surface area contributed by atoms with Crippen molar-refractivity contribution in [2.75, 3.05) is 11.1 Å². The number of nitrogens with zero attached hydrogens (tertiary/aromatic N) is 2. The number of nitrogens with one attached hydrogen (secondary N) is 2. The molecule has 6 nitrogen and oxygen atoms in total. The fourth-order valence-corrected chi connectivity index (χ4v) is 3.74. The van der Waals surface area contributed by atoms with E-state index in [1.54, 1.807) is 23.9 Å². The molecule has 1 aromatic heterocycles. The molecule has 0 aliphatic heterocycles. The van der Waals surface area contributed by atoms with Gasteiger partial charge in [0, 0.05) is 5.56 Å². The van der Waals surface area contributed by atoms with Crippen molar-refractivity contribution in [3.05, 3.63) is 35.4 Å². The summed E-state index contributed by atoms with van der Waals surface area (Å²) in [7, 11) is 0. The van der Waals surface area contributed by atoms with Crippen LogP contribution in [0.25, 0.3) is 0 Å². The van der Waals surface area contributed by atoms with Crippen LogP contribution in [0.3, 0.4) is 0 Å². The minimum atomic E-state index is -0.653. The SMILES string of the molecule is CCSc1nnc(NC(=O)[C@@H](NC(=O)c2ccc(C)cc2)C(C)C)s1. The van der Waals surface area contributed by atoms with E-state index >= 15 is 0 Å². The first-order valence-electron chi connectivity index (χ1n) is 8.05. The highest BCUT2D eigenvalue weighted by atomic mass is 32.2. The Balaban J connectivity index is 2.04. The van der Waals surface area contributed by atoms with E-state index in [-0.39, 0.29) is 17.7 Å². The molecule has 0 unspecified atom stereocenters. The van der Waals surface area contributed by atoms with Crippen LogP contribution >= 0.6 is 23.1 Å². The van der Waals surface area contributed by atoms with Gasteiger partial charge in [0.1, 0.15) is 6.04 Å². The van der Waals surface area contributed by atoms with Gasteiger partial charge >= 0.3 is 0 Å². The number of hydrogen-bond acceptors (Lipinski definition) is 6. The third kappa shape index (κ3) is 5.54. The molecule has 25 heavy (non-hydrogen) atoms. The molecule has 0 saturated heterocycles. The number of benzene rings is 1. The van der Waals surface area contributed by atoms with Crippen LogP contribution in [-0.4, -0.2) is 33.8 Å². The quantitative estimate of drug-likeness (QED) is 0.570.